The molecule has 2 rings (SSSR count). The van der Waals surface area contributed by atoms with Gasteiger partial charge in [-0.25, -0.2) is 12.8 Å². The van der Waals surface area contributed by atoms with Crippen molar-refractivity contribution >= 4 is 15.9 Å². The van der Waals surface area contributed by atoms with Crippen LogP contribution in [0.25, 0.3) is 0 Å². The molecule has 1 amide bonds. The van der Waals surface area contributed by atoms with E-state index in [0.717, 1.165) is 12.1 Å². The van der Waals surface area contributed by atoms with Crippen LogP contribution in [-0.2, 0) is 14.8 Å². The third kappa shape index (κ3) is 4.07. The van der Waals surface area contributed by atoms with Gasteiger partial charge in [-0.3, -0.25) is 4.79 Å². The van der Waals surface area contributed by atoms with Crippen LogP contribution in [0, 0.1) is 11.2 Å². The highest BCUT2D eigenvalue weighted by Gasteiger charge is 2.38. The number of hydrogen-bond donors (Lipinski definition) is 1. The van der Waals surface area contributed by atoms with Crippen molar-refractivity contribution in [2.75, 3.05) is 32.7 Å². The summed E-state index contributed by atoms with van der Waals surface area (Å²) in [5.41, 5.74) is 5.30. The molecule has 26 heavy (non-hydrogen) atoms. The first-order chi connectivity index (χ1) is 12.3. The van der Waals surface area contributed by atoms with Crippen molar-refractivity contribution in [1.82, 2.24) is 9.21 Å². The molecule has 6 nitrogen and oxygen atoms in total. The Balaban J connectivity index is 2.15. The van der Waals surface area contributed by atoms with E-state index in [1.54, 1.807) is 4.90 Å². The molecule has 0 aliphatic carbocycles. The number of amides is 1. The van der Waals surface area contributed by atoms with Crippen molar-refractivity contribution in [2.45, 2.75) is 38.0 Å². The summed E-state index contributed by atoms with van der Waals surface area (Å²) >= 11 is 0. The summed E-state index contributed by atoms with van der Waals surface area (Å²) in [5.74, 6) is -0.472. The summed E-state index contributed by atoms with van der Waals surface area (Å²) in [6.07, 6.45) is 1.88. The standard InChI is InChI=1S/C18H28FN3O3S/c1-3-18(4-2,14-20)17(23)21-10-5-11-22(13-12-21)26(24,25)16-8-6-15(19)7-9-16/h6-9H,3-5,10-14,20H2,1-2H3. The van der Waals surface area contributed by atoms with E-state index in [1.165, 1.54) is 16.4 Å². The van der Waals surface area contributed by atoms with Crippen molar-refractivity contribution < 1.29 is 17.6 Å². The smallest absolute Gasteiger partial charge is 0.243 e. The van der Waals surface area contributed by atoms with Crippen LogP contribution in [0.4, 0.5) is 4.39 Å². The van der Waals surface area contributed by atoms with Gasteiger partial charge in [0.15, 0.2) is 0 Å². The molecule has 1 aromatic carbocycles. The number of rotatable bonds is 6. The molecule has 1 fully saturated rings. The zero-order valence-electron chi connectivity index (χ0n) is 15.4. The average molecular weight is 386 g/mol. The number of nitrogens with two attached hydrogens (primary N) is 1. The molecule has 1 aromatic rings. The lowest BCUT2D eigenvalue weighted by molar-refractivity contribution is -0.142. The molecule has 0 radical (unpaired) electrons. The van der Waals surface area contributed by atoms with Gasteiger partial charge in [0, 0.05) is 32.7 Å². The van der Waals surface area contributed by atoms with E-state index in [-0.39, 0.29) is 23.9 Å². The van der Waals surface area contributed by atoms with Gasteiger partial charge in [0.1, 0.15) is 5.82 Å². The molecule has 0 bridgehead atoms. The molecule has 1 aliphatic rings. The van der Waals surface area contributed by atoms with Crippen LogP contribution in [0.3, 0.4) is 0 Å². The molecule has 0 aromatic heterocycles. The fourth-order valence-electron chi connectivity index (χ4n) is 3.36. The Labute approximate surface area is 155 Å². The lowest BCUT2D eigenvalue weighted by Crippen LogP contribution is -2.48. The van der Waals surface area contributed by atoms with Gasteiger partial charge in [-0.15, -0.1) is 0 Å². The molecular weight excluding hydrogens is 357 g/mol. The highest BCUT2D eigenvalue weighted by Crippen LogP contribution is 2.28. The van der Waals surface area contributed by atoms with Crippen molar-refractivity contribution in [3.05, 3.63) is 30.1 Å². The van der Waals surface area contributed by atoms with Gasteiger partial charge in [0.05, 0.1) is 10.3 Å². The molecule has 0 saturated carbocycles. The van der Waals surface area contributed by atoms with Crippen molar-refractivity contribution in [3.63, 3.8) is 0 Å². The van der Waals surface area contributed by atoms with Gasteiger partial charge in [0.2, 0.25) is 15.9 Å². The Morgan fingerprint density at radius 1 is 1.12 bits per heavy atom. The molecule has 2 N–H and O–H groups in total. The summed E-state index contributed by atoms with van der Waals surface area (Å²) < 4.78 is 40.0. The van der Waals surface area contributed by atoms with E-state index in [2.05, 4.69) is 0 Å². The SMILES string of the molecule is CCC(CC)(CN)C(=O)N1CCCN(S(=O)(=O)c2ccc(F)cc2)CC1. The summed E-state index contributed by atoms with van der Waals surface area (Å²) in [4.78, 5) is 14.8. The Hall–Kier alpha value is -1.51. The van der Waals surface area contributed by atoms with E-state index in [4.69, 9.17) is 5.73 Å². The minimum absolute atomic E-state index is 0.00558. The summed E-state index contributed by atoms with van der Waals surface area (Å²) in [5, 5.41) is 0. The van der Waals surface area contributed by atoms with E-state index in [1.807, 2.05) is 13.8 Å². The highest BCUT2D eigenvalue weighted by atomic mass is 32.2. The minimum atomic E-state index is -3.70. The van der Waals surface area contributed by atoms with Crippen LogP contribution in [0.15, 0.2) is 29.2 Å². The van der Waals surface area contributed by atoms with Crippen LogP contribution >= 0.6 is 0 Å². The third-order valence-corrected chi connectivity index (χ3v) is 7.30. The first-order valence-corrected chi connectivity index (χ1v) is 10.5. The molecule has 8 heteroatoms. The van der Waals surface area contributed by atoms with Gasteiger partial charge < -0.3 is 10.6 Å². The van der Waals surface area contributed by atoms with Gasteiger partial charge in [-0.2, -0.15) is 4.31 Å². The zero-order chi connectivity index (χ0) is 19.4. The first-order valence-electron chi connectivity index (χ1n) is 9.06. The van der Waals surface area contributed by atoms with Crippen LogP contribution in [0.5, 0.6) is 0 Å². The third-order valence-electron chi connectivity index (χ3n) is 5.39. The van der Waals surface area contributed by atoms with Crippen molar-refractivity contribution in [1.29, 1.82) is 0 Å². The van der Waals surface area contributed by atoms with Crippen LogP contribution < -0.4 is 5.73 Å². The Morgan fingerprint density at radius 2 is 1.73 bits per heavy atom. The Kier molecular flexibility index (Phi) is 6.76. The fourth-order valence-corrected chi connectivity index (χ4v) is 4.83. The summed E-state index contributed by atoms with van der Waals surface area (Å²) in [6, 6.07) is 4.81. The van der Waals surface area contributed by atoms with Gasteiger partial charge in [0.25, 0.3) is 0 Å². The highest BCUT2D eigenvalue weighted by molar-refractivity contribution is 7.89. The van der Waals surface area contributed by atoms with Crippen LogP contribution in [0.2, 0.25) is 0 Å². The molecule has 1 heterocycles. The number of carbonyl (C=O) groups is 1. The van der Waals surface area contributed by atoms with Gasteiger partial charge >= 0.3 is 0 Å². The minimum Gasteiger partial charge on any atom is -0.341 e. The maximum Gasteiger partial charge on any atom is 0.243 e. The summed E-state index contributed by atoms with van der Waals surface area (Å²) in [7, 11) is -3.70. The Bertz CT molecular complexity index is 709. The van der Waals surface area contributed by atoms with Gasteiger partial charge in [-0.1, -0.05) is 13.8 Å². The molecule has 146 valence electrons. The Morgan fingerprint density at radius 3 is 2.27 bits per heavy atom. The summed E-state index contributed by atoms with van der Waals surface area (Å²) in [6.45, 7) is 5.59. The second-order valence-electron chi connectivity index (χ2n) is 6.70. The van der Waals surface area contributed by atoms with Crippen molar-refractivity contribution in [3.8, 4) is 0 Å². The first kappa shape index (κ1) is 20.8. The van der Waals surface area contributed by atoms with Gasteiger partial charge in [-0.05, 0) is 43.5 Å². The van der Waals surface area contributed by atoms with Crippen LogP contribution in [-0.4, -0.2) is 56.3 Å². The fraction of sp³-hybridized carbons (Fsp3) is 0.611. The maximum absolute atomic E-state index is 13.1. The molecule has 0 atom stereocenters. The molecular formula is C18H28FN3O3S. The predicted octanol–water partition coefficient (Wildman–Crippen LogP) is 1.81. The van der Waals surface area contributed by atoms with Crippen molar-refractivity contribution in [2.24, 2.45) is 11.1 Å². The maximum atomic E-state index is 13.1. The topological polar surface area (TPSA) is 83.7 Å². The van der Waals surface area contributed by atoms with E-state index in [0.29, 0.717) is 38.9 Å². The number of sulfonamides is 1. The number of nitrogens with zero attached hydrogens (tertiary/aromatic N) is 2. The molecule has 1 saturated heterocycles. The number of benzene rings is 1. The predicted molar refractivity (Wildman–Crippen MR) is 98.4 cm³/mol. The quantitative estimate of drug-likeness (QED) is 0.810. The second-order valence-corrected chi connectivity index (χ2v) is 8.63. The average Bonchev–Trinajstić information content (AvgIpc) is 2.90. The second kappa shape index (κ2) is 8.45. The normalized spacial score (nSPS) is 17.2. The lowest BCUT2D eigenvalue weighted by atomic mass is 9.81. The number of carbonyl (C=O) groups excluding carboxylic acids is 1. The monoisotopic (exact) mass is 385 g/mol. The number of hydrogen-bond acceptors (Lipinski definition) is 4. The number of halogens is 1. The van der Waals surface area contributed by atoms with E-state index in [9.17, 15) is 17.6 Å². The zero-order valence-corrected chi connectivity index (χ0v) is 16.3. The largest absolute Gasteiger partial charge is 0.341 e. The van der Waals surface area contributed by atoms with E-state index >= 15 is 0 Å². The lowest BCUT2D eigenvalue weighted by Gasteiger charge is -2.34. The molecule has 1 aliphatic heterocycles. The van der Waals surface area contributed by atoms with Crippen LogP contribution in [0.1, 0.15) is 33.1 Å². The molecule has 0 spiro atoms. The molecule has 0 unspecified atom stereocenters. The van der Waals surface area contributed by atoms with E-state index < -0.39 is 21.3 Å².